The topological polar surface area (TPSA) is 36.3 Å². The van der Waals surface area contributed by atoms with E-state index < -0.39 is 5.82 Å². The van der Waals surface area contributed by atoms with Crippen molar-refractivity contribution in [3.63, 3.8) is 0 Å². The number of imidazole rings is 1. The van der Waals surface area contributed by atoms with E-state index in [0.717, 1.165) is 30.6 Å². The number of aromatic nitrogens is 2. The fourth-order valence-electron chi connectivity index (χ4n) is 3.24. The minimum Gasteiger partial charge on any atom is -0.494 e. The van der Waals surface area contributed by atoms with Crippen LogP contribution in [0.1, 0.15) is 31.1 Å². The summed E-state index contributed by atoms with van der Waals surface area (Å²) in [4.78, 5) is 4.46. The molecular formula is C15H18ClFN2O2. The summed E-state index contributed by atoms with van der Waals surface area (Å²) in [6.45, 7) is 0. The third kappa shape index (κ3) is 2.38. The van der Waals surface area contributed by atoms with Crippen molar-refractivity contribution in [1.82, 2.24) is 9.55 Å². The molecule has 0 N–H and O–H groups in total. The summed E-state index contributed by atoms with van der Waals surface area (Å²) in [5.41, 5.74) is 1.45. The molecule has 1 aromatic carbocycles. The number of nitrogens with zero attached hydrogens (tertiary/aromatic N) is 2. The maximum absolute atomic E-state index is 13.9. The lowest BCUT2D eigenvalue weighted by Crippen LogP contribution is -2.22. The Morgan fingerprint density at radius 3 is 2.86 bits per heavy atom. The number of benzene rings is 1. The monoisotopic (exact) mass is 312 g/mol. The molecule has 1 fully saturated rings. The summed E-state index contributed by atoms with van der Waals surface area (Å²) in [5.74, 6) is 0.835. The molecule has 2 unspecified atom stereocenters. The predicted molar refractivity (Wildman–Crippen MR) is 79.5 cm³/mol. The third-order valence-electron chi connectivity index (χ3n) is 4.21. The molecule has 3 rings (SSSR count). The third-order valence-corrected chi connectivity index (χ3v) is 4.45. The van der Waals surface area contributed by atoms with Crippen LogP contribution in [-0.2, 0) is 10.6 Å². The van der Waals surface area contributed by atoms with Gasteiger partial charge < -0.3 is 14.0 Å². The molecule has 1 aliphatic rings. The molecule has 6 heteroatoms. The summed E-state index contributed by atoms with van der Waals surface area (Å²) < 4.78 is 26.6. The predicted octanol–water partition coefficient (Wildman–Crippen LogP) is 3.66. The van der Waals surface area contributed by atoms with Gasteiger partial charge in [0, 0.05) is 19.2 Å². The van der Waals surface area contributed by atoms with Gasteiger partial charge in [-0.05, 0) is 19.3 Å². The van der Waals surface area contributed by atoms with Crippen LogP contribution in [-0.4, -0.2) is 29.9 Å². The zero-order valence-corrected chi connectivity index (χ0v) is 12.9. The van der Waals surface area contributed by atoms with Crippen LogP contribution in [0.5, 0.6) is 5.75 Å². The number of rotatable bonds is 4. The number of hydrogen-bond donors (Lipinski definition) is 0. The van der Waals surface area contributed by atoms with Crippen LogP contribution in [0.3, 0.4) is 0 Å². The highest BCUT2D eigenvalue weighted by Gasteiger charge is 2.31. The van der Waals surface area contributed by atoms with Gasteiger partial charge >= 0.3 is 0 Å². The van der Waals surface area contributed by atoms with Crippen molar-refractivity contribution in [2.45, 2.75) is 37.3 Å². The van der Waals surface area contributed by atoms with Crippen molar-refractivity contribution in [1.29, 1.82) is 0 Å². The highest BCUT2D eigenvalue weighted by Crippen LogP contribution is 2.37. The lowest BCUT2D eigenvalue weighted by molar-refractivity contribution is 0.0754. The Labute approximate surface area is 127 Å². The van der Waals surface area contributed by atoms with Crippen molar-refractivity contribution in [3.8, 4) is 5.75 Å². The van der Waals surface area contributed by atoms with Gasteiger partial charge in [-0.25, -0.2) is 9.37 Å². The second-order valence-electron chi connectivity index (χ2n) is 5.28. The maximum Gasteiger partial charge on any atom is 0.167 e. The molecule has 1 saturated carbocycles. The highest BCUT2D eigenvalue weighted by molar-refractivity contribution is 6.16. The molecule has 2 aromatic rings. The van der Waals surface area contributed by atoms with Gasteiger partial charge in [0.25, 0.3) is 0 Å². The average Bonchev–Trinajstić information content (AvgIpc) is 3.08. The second kappa shape index (κ2) is 5.81. The second-order valence-corrected chi connectivity index (χ2v) is 5.55. The minimum absolute atomic E-state index is 0.139. The van der Waals surface area contributed by atoms with E-state index in [0.29, 0.717) is 5.52 Å². The average molecular weight is 313 g/mol. The van der Waals surface area contributed by atoms with Crippen molar-refractivity contribution in [3.05, 3.63) is 23.8 Å². The lowest BCUT2D eigenvalue weighted by atomic mass is 10.2. The zero-order valence-electron chi connectivity index (χ0n) is 12.1. The van der Waals surface area contributed by atoms with E-state index in [9.17, 15) is 4.39 Å². The first kappa shape index (κ1) is 14.6. The Kier molecular flexibility index (Phi) is 4.04. The summed E-state index contributed by atoms with van der Waals surface area (Å²) in [6, 6.07) is 3.28. The van der Waals surface area contributed by atoms with Crippen LogP contribution in [0.25, 0.3) is 11.0 Å². The van der Waals surface area contributed by atoms with E-state index >= 15 is 0 Å². The Balaban J connectivity index is 2.19. The van der Waals surface area contributed by atoms with Crippen molar-refractivity contribution < 1.29 is 13.9 Å². The van der Waals surface area contributed by atoms with Crippen molar-refractivity contribution in [2.75, 3.05) is 14.2 Å². The largest absolute Gasteiger partial charge is 0.494 e. The van der Waals surface area contributed by atoms with Gasteiger partial charge in [-0.1, -0.05) is 0 Å². The van der Waals surface area contributed by atoms with Crippen LogP contribution >= 0.6 is 11.6 Å². The first-order valence-electron chi connectivity index (χ1n) is 7.02. The van der Waals surface area contributed by atoms with Crippen LogP contribution in [0.15, 0.2) is 12.1 Å². The van der Waals surface area contributed by atoms with E-state index in [-0.39, 0.29) is 23.8 Å². The number of alkyl halides is 1. The van der Waals surface area contributed by atoms with Gasteiger partial charge in [0.1, 0.15) is 5.82 Å². The van der Waals surface area contributed by atoms with E-state index in [4.69, 9.17) is 21.1 Å². The molecule has 21 heavy (non-hydrogen) atoms. The Hall–Kier alpha value is -1.33. The van der Waals surface area contributed by atoms with E-state index in [2.05, 4.69) is 9.55 Å². The van der Waals surface area contributed by atoms with Crippen molar-refractivity contribution >= 4 is 22.6 Å². The Bertz CT molecular complexity index is 659. The SMILES string of the molecule is COc1cc2c(cc1F)nc(CCl)n2C1CCCC1OC. The number of halogens is 2. The van der Waals surface area contributed by atoms with Gasteiger partial charge in [0.2, 0.25) is 0 Å². The minimum atomic E-state index is -0.412. The van der Waals surface area contributed by atoms with E-state index in [1.165, 1.54) is 13.2 Å². The van der Waals surface area contributed by atoms with Gasteiger partial charge in [-0.15, -0.1) is 11.6 Å². The summed E-state index contributed by atoms with van der Waals surface area (Å²) in [7, 11) is 3.18. The zero-order chi connectivity index (χ0) is 15.0. The van der Waals surface area contributed by atoms with Gasteiger partial charge in [0.15, 0.2) is 11.6 Å². The molecule has 1 heterocycles. The standard InChI is InChI=1S/C15H18ClFN2O2/c1-20-13-5-3-4-11(13)19-12-7-14(21-2)9(17)6-10(12)18-15(19)8-16/h6-7,11,13H,3-5,8H2,1-2H3. The van der Waals surface area contributed by atoms with Crippen LogP contribution in [0, 0.1) is 5.82 Å². The molecule has 0 radical (unpaired) electrons. The first-order valence-corrected chi connectivity index (χ1v) is 7.56. The molecule has 114 valence electrons. The number of methoxy groups -OCH3 is 2. The summed E-state index contributed by atoms with van der Waals surface area (Å²) >= 11 is 6.04. The Morgan fingerprint density at radius 2 is 2.19 bits per heavy atom. The lowest BCUT2D eigenvalue weighted by Gasteiger charge is -2.22. The van der Waals surface area contributed by atoms with Crippen LogP contribution in [0.4, 0.5) is 4.39 Å². The quantitative estimate of drug-likeness (QED) is 0.808. The molecule has 2 atom stereocenters. The van der Waals surface area contributed by atoms with E-state index in [1.807, 2.05) is 0 Å². The van der Waals surface area contributed by atoms with Crippen molar-refractivity contribution in [2.24, 2.45) is 0 Å². The summed E-state index contributed by atoms with van der Waals surface area (Å²) in [5, 5.41) is 0. The summed E-state index contributed by atoms with van der Waals surface area (Å²) in [6.07, 6.45) is 3.26. The molecule has 0 amide bonds. The molecule has 0 saturated heterocycles. The molecule has 1 aliphatic carbocycles. The van der Waals surface area contributed by atoms with Crippen LogP contribution < -0.4 is 4.74 Å². The smallest absolute Gasteiger partial charge is 0.167 e. The van der Waals surface area contributed by atoms with Crippen LogP contribution in [0.2, 0.25) is 0 Å². The number of fused-ring (bicyclic) bond motifs is 1. The highest BCUT2D eigenvalue weighted by atomic mass is 35.5. The maximum atomic E-state index is 13.9. The van der Waals surface area contributed by atoms with Gasteiger partial charge in [-0.2, -0.15) is 0 Å². The fourth-order valence-corrected chi connectivity index (χ4v) is 3.43. The number of hydrogen-bond acceptors (Lipinski definition) is 3. The van der Waals surface area contributed by atoms with Gasteiger partial charge in [0.05, 0.1) is 36.2 Å². The molecule has 0 aliphatic heterocycles. The van der Waals surface area contributed by atoms with Gasteiger partial charge in [-0.3, -0.25) is 0 Å². The molecule has 0 bridgehead atoms. The molecular weight excluding hydrogens is 295 g/mol. The normalized spacial score (nSPS) is 22.1. The van der Waals surface area contributed by atoms with E-state index in [1.54, 1.807) is 13.2 Å². The molecule has 0 spiro atoms. The molecule has 4 nitrogen and oxygen atoms in total. The molecule has 1 aromatic heterocycles. The number of ether oxygens (including phenoxy) is 2. The Morgan fingerprint density at radius 1 is 1.38 bits per heavy atom. The fraction of sp³-hybridized carbons (Fsp3) is 0.533. The first-order chi connectivity index (χ1) is 10.2.